The van der Waals surface area contributed by atoms with Crippen LogP contribution in [-0.4, -0.2) is 202 Å². The molecule has 6 heterocycles. The topological polar surface area (TPSA) is 271 Å². The molecule has 6 aliphatic heterocycles. The number of benzene rings is 3. The largest absolute Gasteiger partial charge is 1.00 e. The molecule has 9 rings (SSSR count). The second kappa shape index (κ2) is 31.7. The quantitative estimate of drug-likeness (QED) is 0.0544. The average molecular weight is 1490 g/mol. The number of hydrogen-bond acceptors (Lipinski definition) is 18. The predicted octanol–water partition coefficient (Wildman–Crippen LogP) is -0.756. The lowest BCUT2D eigenvalue weighted by Crippen LogP contribution is -3.00. The highest BCUT2D eigenvalue weighted by Crippen LogP contribution is 2.58. The number of methoxy groups -OCH3 is 1. The maximum atomic E-state index is 14.0. The van der Waals surface area contributed by atoms with Crippen LogP contribution in [0.2, 0.25) is 0 Å². The third-order valence-corrected chi connectivity index (χ3v) is 22.1. The fourth-order valence-corrected chi connectivity index (χ4v) is 16.3. The van der Waals surface area contributed by atoms with Crippen molar-refractivity contribution in [3.8, 4) is 0 Å². The molecular weight excluding hydrogens is 1400 g/mol. The number of aliphatic hydroxyl groups excluding tert-OH is 3. The van der Waals surface area contributed by atoms with E-state index in [1.165, 1.54) is 14.0 Å². The van der Waals surface area contributed by atoms with Crippen LogP contribution in [0.4, 0.5) is 13.2 Å². The molecule has 3 aromatic rings. The van der Waals surface area contributed by atoms with Gasteiger partial charge in [-0.15, -0.1) is 14.7 Å². The molecule has 6 bridgehead atoms. The summed E-state index contributed by atoms with van der Waals surface area (Å²) in [5.74, 6) is -4.92. The molecule has 21 nitrogen and oxygen atoms in total. The molecule has 0 amide bonds. The van der Waals surface area contributed by atoms with Crippen molar-refractivity contribution in [1.29, 1.82) is 0 Å². The van der Waals surface area contributed by atoms with Crippen LogP contribution in [0.5, 0.6) is 0 Å². The zero-order chi connectivity index (χ0) is 65.8. The molecule has 3 aromatic carbocycles. The lowest BCUT2D eigenvalue weighted by atomic mass is 9.84. The minimum atomic E-state index is -4.78. The molecule has 18 unspecified atom stereocenters. The smallest absolute Gasteiger partial charge is 0.423 e. The average Bonchev–Trinajstić information content (AvgIpc) is 1.56. The van der Waals surface area contributed by atoms with Gasteiger partial charge in [0.1, 0.15) is 54.2 Å². The number of aliphatic hydroxyl groups is 3. The van der Waals surface area contributed by atoms with Gasteiger partial charge in [-0.1, -0.05) is 91.0 Å². The summed E-state index contributed by atoms with van der Waals surface area (Å²) < 4.78 is 65.3. The molecule has 3 N–H and O–H groups in total. The number of halogens is 6. The highest BCUT2D eigenvalue weighted by Gasteiger charge is 2.77. The van der Waals surface area contributed by atoms with Crippen molar-refractivity contribution in [2.75, 3.05) is 48.1 Å². The van der Waals surface area contributed by atoms with Crippen LogP contribution in [-0.2, 0) is 42.9 Å². The van der Waals surface area contributed by atoms with Crippen LogP contribution in [0.15, 0.2) is 107 Å². The predicted molar refractivity (Wildman–Crippen MR) is 321 cm³/mol. The van der Waals surface area contributed by atoms with E-state index in [4.69, 9.17) is 18.9 Å². The first-order valence-corrected chi connectivity index (χ1v) is 30.8. The number of Topliss-reactive ketones (excluding diaryl/α,β-unsaturated/α-hetero) is 1. The van der Waals surface area contributed by atoms with Gasteiger partial charge in [0.2, 0.25) is 5.54 Å². The molecule has 512 valence electrons. The summed E-state index contributed by atoms with van der Waals surface area (Å²) >= 11 is 0. The number of carbonyl (C=O) groups is 5. The molecule has 6 aliphatic rings. The molecule has 0 aromatic heterocycles. The van der Waals surface area contributed by atoms with Gasteiger partial charge in [0.15, 0.2) is 5.78 Å². The number of hydrogen-bond donors (Lipinski definition) is 3. The van der Waals surface area contributed by atoms with Crippen LogP contribution in [0.25, 0.3) is 0 Å². The van der Waals surface area contributed by atoms with E-state index in [9.17, 15) is 67.2 Å². The number of nitrogens with zero attached hydrogens (tertiary/aromatic N) is 6. The highest BCUT2D eigenvalue weighted by molar-refractivity contribution is 5.88. The normalized spacial score (nSPS) is 33.2. The number of piperidine rings is 3. The second-order valence-electron chi connectivity index (χ2n) is 26.7. The summed E-state index contributed by atoms with van der Waals surface area (Å²) in [5.41, 5.74) is -3.46. The molecule has 27 heteroatoms. The molecule has 6 saturated heterocycles. The van der Waals surface area contributed by atoms with Crippen molar-refractivity contribution in [1.82, 2.24) is 0 Å². The zero-order valence-electron chi connectivity index (χ0n) is 54.0. The van der Waals surface area contributed by atoms with Crippen LogP contribution >= 0.6 is 0 Å². The SMILES string of the molecule is CC(=O)C1(N=O)CC2CC(OC(=O)C(CO)c3ccccc3)CC1[N+]2(C)C(C)C.CC(C)[N+]1(C)C2CC(OC(=O)C(CO)c3ccccc3)CC1C(N=O)(C(F)(F)F)C2.COC(=O)C1(N=O)CC2CC(OC(=O)C(CO)c3ccccc3)CC1[N+]2(C)C(C)C.[Br-].[Br-].[Br-]. The summed E-state index contributed by atoms with van der Waals surface area (Å²) in [5, 5.41) is 38.5. The Morgan fingerprint density at radius 1 is 0.500 bits per heavy atom. The lowest BCUT2D eigenvalue weighted by Gasteiger charge is -2.50. The van der Waals surface area contributed by atoms with Crippen LogP contribution in [0.1, 0.15) is 141 Å². The summed E-state index contributed by atoms with van der Waals surface area (Å²) in [6, 6.07) is 24.4. The number of likely N-dealkylation sites (N-methyl/N-ethyl adjacent to an activating group) is 3. The fraction of sp³-hybridized carbons (Fsp3) is 0.646. The Hall–Kier alpha value is -5.00. The van der Waals surface area contributed by atoms with E-state index in [2.05, 4.69) is 50.3 Å². The first kappa shape index (κ1) is 79.4. The van der Waals surface area contributed by atoms with Gasteiger partial charge < -0.3 is 98.7 Å². The number of quaternary nitrogens is 3. The van der Waals surface area contributed by atoms with Crippen LogP contribution in [0.3, 0.4) is 0 Å². The van der Waals surface area contributed by atoms with E-state index in [0.717, 1.165) is 0 Å². The van der Waals surface area contributed by atoms with E-state index < -0.39 is 114 Å². The summed E-state index contributed by atoms with van der Waals surface area (Å²) in [4.78, 5) is 98.8. The van der Waals surface area contributed by atoms with E-state index in [1.807, 2.05) is 45.2 Å². The van der Waals surface area contributed by atoms with E-state index in [0.29, 0.717) is 57.8 Å². The number of carbonyl (C=O) groups excluding carboxylic acids is 5. The first-order valence-electron chi connectivity index (χ1n) is 30.8. The summed E-state index contributed by atoms with van der Waals surface area (Å²) in [6.45, 7) is 12.2. The number of fused-ring (bicyclic) bond motifs is 6. The highest BCUT2D eigenvalue weighted by atomic mass is 79.9. The van der Waals surface area contributed by atoms with E-state index >= 15 is 0 Å². The molecule has 0 radical (unpaired) electrons. The van der Waals surface area contributed by atoms with Crippen LogP contribution < -0.4 is 50.9 Å². The Morgan fingerprint density at radius 2 is 0.793 bits per heavy atom. The Labute approximate surface area is 567 Å². The van der Waals surface area contributed by atoms with E-state index in [-0.39, 0.29) is 130 Å². The zero-order valence-corrected chi connectivity index (χ0v) is 58.8. The minimum Gasteiger partial charge on any atom is -1.00 e. The third-order valence-electron chi connectivity index (χ3n) is 22.1. The monoisotopic (exact) mass is 1490 g/mol. The van der Waals surface area contributed by atoms with E-state index in [1.54, 1.807) is 73.8 Å². The van der Waals surface area contributed by atoms with Gasteiger partial charge in [0.05, 0.1) is 84.3 Å². The van der Waals surface area contributed by atoms with Gasteiger partial charge in [-0.05, 0) is 80.7 Å². The maximum Gasteiger partial charge on any atom is 0.423 e. The summed E-state index contributed by atoms with van der Waals surface area (Å²) in [7, 11) is 7.11. The Bertz CT molecular complexity index is 3020. The van der Waals surface area contributed by atoms with Gasteiger partial charge in [0.25, 0.3) is 11.1 Å². The van der Waals surface area contributed by atoms with Crippen molar-refractivity contribution >= 4 is 29.7 Å². The Morgan fingerprint density at radius 3 is 1.07 bits per heavy atom. The second-order valence-corrected chi connectivity index (χ2v) is 26.7. The number of nitroso groups, excluding NO2 is 3. The number of rotatable bonds is 20. The van der Waals surface area contributed by atoms with Crippen molar-refractivity contribution < 1.29 is 136 Å². The molecule has 18 atom stereocenters. The molecule has 0 aliphatic carbocycles. The van der Waals surface area contributed by atoms with Gasteiger partial charge in [-0.25, -0.2) is 4.79 Å². The number of esters is 4. The minimum absolute atomic E-state index is 0. The van der Waals surface area contributed by atoms with Crippen molar-refractivity contribution in [2.45, 2.75) is 219 Å². The van der Waals surface area contributed by atoms with Crippen molar-refractivity contribution in [3.05, 3.63) is 122 Å². The first-order chi connectivity index (χ1) is 41.9. The molecule has 0 saturated carbocycles. The standard InChI is InChI=1S/C22H31N2O6.C22H31N2O5.C21H28F3N2O4.3BrH/c1-14(2)24(3)16-10-17(11-19(24)22(12-16,23-28)21(27)29-4)30-20(26)18(13-25)15-8-6-5-7-9-15;1-14(2)24(4)17-10-18(11-20(24)22(12-17,23-28)15(3)26)29-21(27)19(13-25)16-8-6-5-7-9-16;1-13(2)26(3)15-9-16(10-18(26)20(11-15,25-29)21(22,23)24)30-19(28)17(12-27)14-7-5-4-6-8-14;;;/h5-9,14,16-19,25H,10-13H2,1-4H3;5-9,14,17-20,25H,10-13H2,1-4H3;4-8,13,15-18,27H,9-12H2,1-3H3;3*1H/q3*+1;;;/p-3. The Kier molecular flexibility index (Phi) is 27.4. The molecule has 0 spiro atoms. The van der Waals surface area contributed by atoms with Crippen molar-refractivity contribution in [2.24, 2.45) is 15.5 Å². The van der Waals surface area contributed by atoms with Gasteiger partial charge in [-0.3, -0.25) is 19.2 Å². The summed E-state index contributed by atoms with van der Waals surface area (Å²) in [6.07, 6.45) is -4.17. The van der Waals surface area contributed by atoms with Gasteiger partial charge in [0, 0.05) is 57.8 Å². The molecule has 92 heavy (non-hydrogen) atoms. The van der Waals surface area contributed by atoms with Gasteiger partial charge in [-0.2, -0.15) is 13.2 Å². The number of alkyl halides is 3. The molecular formula is C65H90Br3F3N6O15. The third kappa shape index (κ3) is 14.4. The van der Waals surface area contributed by atoms with Crippen molar-refractivity contribution in [3.63, 3.8) is 0 Å². The lowest BCUT2D eigenvalue weighted by molar-refractivity contribution is -0.970. The van der Waals surface area contributed by atoms with Crippen LogP contribution in [0, 0.1) is 14.7 Å². The number of ketones is 1. The fourth-order valence-electron chi connectivity index (χ4n) is 16.3. The molecule has 6 fully saturated rings. The number of ether oxygens (including phenoxy) is 4. The van der Waals surface area contributed by atoms with Gasteiger partial charge >= 0.3 is 30.1 Å². The Balaban J connectivity index is 0.000000290. The maximum absolute atomic E-state index is 14.0.